The van der Waals surface area contributed by atoms with Gasteiger partial charge in [0.1, 0.15) is 11.5 Å². The molecule has 1 aromatic heterocycles. The van der Waals surface area contributed by atoms with Gasteiger partial charge in [-0.05, 0) is 47.9 Å². The quantitative estimate of drug-likeness (QED) is 0.498. The van der Waals surface area contributed by atoms with Crippen LogP contribution in [0.15, 0.2) is 60.0 Å². The average molecular weight is 442 g/mol. The van der Waals surface area contributed by atoms with Gasteiger partial charge in [0.25, 0.3) is 11.8 Å². The number of nitrogens with one attached hydrogen (secondary N) is 3. The molecule has 9 heteroatoms. The smallest absolute Gasteiger partial charge is 0.265 e. The second-order valence-electron chi connectivity index (χ2n) is 5.96. The molecule has 2 aromatic carbocycles. The van der Waals surface area contributed by atoms with Crippen LogP contribution in [-0.4, -0.2) is 31.1 Å². The Kier molecular flexibility index (Phi) is 6.99. The lowest BCUT2D eigenvalue weighted by atomic mass is 10.2. The van der Waals surface area contributed by atoms with E-state index < -0.39 is 5.91 Å². The molecule has 0 aliphatic carbocycles. The number of hydrogen-bond acceptors (Lipinski definition) is 6. The van der Waals surface area contributed by atoms with E-state index in [1.54, 1.807) is 48.5 Å². The van der Waals surface area contributed by atoms with Crippen LogP contribution >= 0.6 is 23.6 Å². The van der Waals surface area contributed by atoms with Crippen molar-refractivity contribution in [3.05, 3.63) is 70.4 Å². The first kappa shape index (κ1) is 21.3. The van der Waals surface area contributed by atoms with Crippen LogP contribution < -0.4 is 25.4 Å². The van der Waals surface area contributed by atoms with Gasteiger partial charge in [0, 0.05) is 11.8 Å². The van der Waals surface area contributed by atoms with E-state index in [1.807, 2.05) is 11.4 Å². The van der Waals surface area contributed by atoms with Crippen molar-refractivity contribution in [2.45, 2.75) is 0 Å². The zero-order chi connectivity index (χ0) is 21.5. The Morgan fingerprint density at radius 2 is 1.67 bits per heavy atom. The molecule has 0 radical (unpaired) electrons. The molecule has 0 saturated heterocycles. The Balaban J connectivity index is 1.67. The number of benzene rings is 2. The number of anilines is 2. The van der Waals surface area contributed by atoms with Crippen LogP contribution in [0.3, 0.4) is 0 Å². The lowest BCUT2D eigenvalue weighted by Crippen LogP contribution is -2.34. The minimum absolute atomic E-state index is 0.114. The third-order valence-electron chi connectivity index (χ3n) is 4.03. The normalized spacial score (nSPS) is 10.1. The van der Waals surface area contributed by atoms with E-state index in [1.165, 1.54) is 25.6 Å². The first-order valence-electron chi connectivity index (χ1n) is 8.80. The van der Waals surface area contributed by atoms with Crippen molar-refractivity contribution in [3.63, 3.8) is 0 Å². The summed E-state index contributed by atoms with van der Waals surface area (Å²) in [5.74, 6) is 0.286. The van der Waals surface area contributed by atoms with E-state index in [0.29, 0.717) is 33.3 Å². The summed E-state index contributed by atoms with van der Waals surface area (Å²) < 4.78 is 10.6. The maximum absolute atomic E-state index is 12.4. The maximum Gasteiger partial charge on any atom is 0.265 e. The molecule has 0 atom stereocenters. The topological polar surface area (TPSA) is 88.7 Å². The monoisotopic (exact) mass is 441 g/mol. The lowest BCUT2D eigenvalue weighted by molar-refractivity contribution is 0.0973. The summed E-state index contributed by atoms with van der Waals surface area (Å²) in [4.78, 5) is 25.3. The molecule has 0 saturated carbocycles. The molecule has 3 N–H and O–H groups in total. The number of rotatable bonds is 6. The van der Waals surface area contributed by atoms with Crippen LogP contribution in [0.5, 0.6) is 11.5 Å². The van der Waals surface area contributed by atoms with Crippen LogP contribution in [0.4, 0.5) is 11.4 Å². The van der Waals surface area contributed by atoms with Gasteiger partial charge in [-0.25, -0.2) is 0 Å². The summed E-state index contributed by atoms with van der Waals surface area (Å²) in [7, 11) is 3.00. The molecule has 0 unspecified atom stereocenters. The molecular formula is C21H19N3O4S2. The van der Waals surface area contributed by atoms with Crippen LogP contribution in [0, 0.1) is 0 Å². The van der Waals surface area contributed by atoms with E-state index in [9.17, 15) is 9.59 Å². The molecule has 3 aromatic rings. The molecule has 1 heterocycles. The summed E-state index contributed by atoms with van der Waals surface area (Å²) in [5, 5.41) is 10.3. The summed E-state index contributed by atoms with van der Waals surface area (Å²) >= 11 is 6.59. The van der Waals surface area contributed by atoms with E-state index in [2.05, 4.69) is 16.0 Å². The fourth-order valence-corrected chi connectivity index (χ4v) is 3.46. The number of thiocarbonyl (C=S) groups is 1. The lowest BCUT2D eigenvalue weighted by Gasteiger charge is -2.14. The van der Waals surface area contributed by atoms with E-state index >= 15 is 0 Å². The Bertz CT molecular complexity index is 1070. The van der Waals surface area contributed by atoms with Gasteiger partial charge in [-0.15, -0.1) is 11.3 Å². The summed E-state index contributed by atoms with van der Waals surface area (Å²) in [6, 6.07) is 15.5. The molecule has 30 heavy (non-hydrogen) atoms. The number of ether oxygens (including phenoxy) is 2. The van der Waals surface area contributed by atoms with Gasteiger partial charge in [0.15, 0.2) is 5.11 Å². The predicted molar refractivity (Wildman–Crippen MR) is 122 cm³/mol. The van der Waals surface area contributed by atoms with Gasteiger partial charge in [0.2, 0.25) is 0 Å². The first-order chi connectivity index (χ1) is 14.5. The summed E-state index contributed by atoms with van der Waals surface area (Å²) in [6.07, 6.45) is 0. The Labute approximate surface area is 183 Å². The van der Waals surface area contributed by atoms with Crippen molar-refractivity contribution in [1.29, 1.82) is 0 Å². The number of carbonyl (C=O) groups is 2. The van der Waals surface area contributed by atoms with Crippen molar-refractivity contribution in [2.24, 2.45) is 0 Å². The molecular weight excluding hydrogens is 422 g/mol. The second kappa shape index (κ2) is 9.86. The minimum Gasteiger partial charge on any atom is -0.496 e. The number of thiophene rings is 1. The molecule has 3 rings (SSSR count). The standard InChI is InChI=1S/C21H19N3O4S2/c1-27-16-7-4-3-6-14(16)19(25)24-21(29)22-13-9-10-15(17(12-13)28-2)23-20(26)18-8-5-11-30-18/h3-12H,1-2H3,(H,23,26)(H2,22,24,25,29). The Morgan fingerprint density at radius 3 is 2.37 bits per heavy atom. The van der Waals surface area contributed by atoms with Crippen molar-refractivity contribution in [2.75, 3.05) is 24.9 Å². The zero-order valence-corrected chi connectivity index (χ0v) is 17.9. The third-order valence-corrected chi connectivity index (χ3v) is 5.10. The van der Waals surface area contributed by atoms with Crippen molar-refractivity contribution in [3.8, 4) is 11.5 Å². The Hall–Kier alpha value is -3.43. The second-order valence-corrected chi connectivity index (χ2v) is 7.31. The first-order valence-corrected chi connectivity index (χ1v) is 10.1. The fraction of sp³-hybridized carbons (Fsp3) is 0.0952. The average Bonchev–Trinajstić information content (AvgIpc) is 3.29. The van der Waals surface area contributed by atoms with Crippen LogP contribution in [0.1, 0.15) is 20.0 Å². The number of hydrogen-bond donors (Lipinski definition) is 3. The highest BCUT2D eigenvalue weighted by Crippen LogP contribution is 2.29. The van der Waals surface area contributed by atoms with Gasteiger partial charge >= 0.3 is 0 Å². The largest absolute Gasteiger partial charge is 0.496 e. The van der Waals surface area contributed by atoms with Gasteiger partial charge in [-0.3, -0.25) is 14.9 Å². The predicted octanol–water partition coefficient (Wildman–Crippen LogP) is 4.14. The highest BCUT2D eigenvalue weighted by molar-refractivity contribution is 7.80. The molecule has 2 amide bonds. The fourth-order valence-electron chi connectivity index (χ4n) is 2.63. The summed E-state index contributed by atoms with van der Waals surface area (Å²) in [6.45, 7) is 0. The van der Waals surface area contributed by atoms with Crippen LogP contribution in [-0.2, 0) is 0 Å². The van der Waals surface area contributed by atoms with Crippen LogP contribution in [0.2, 0.25) is 0 Å². The maximum atomic E-state index is 12.4. The van der Waals surface area contributed by atoms with E-state index in [0.717, 1.165) is 0 Å². The van der Waals surface area contributed by atoms with Gasteiger partial charge in [-0.2, -0.15) is 0 Å². The van der Waals surface area contributed by atoms with Crippen LogP contribution in [0.25, 0.3) is 0 Å². The van der Waals surface area contributed by atoms with Crippen molar-refractivity contribution >= 4 is 51.9 Å². The number of para-hydroxylation sites is 1. The van der Waals surface area contributed by atoms with Crippen molar-refractivity contribution < 1.29 is 19.1 Å². The molecule has 0 spiro atoms. The zero-order valence-electron chi connectivity index (χ0n) is 16.2. The van der Waals surface area contributed by atoms with E-state index in [-0.39, 0.29) is 11.0 Å². The highest BCUT2D eigenvalue weighted by atomic mass is 32.1. The Morgan fingerprint density at radius 1 is 0.900 bits per heavy atom. The SMILES string of the molecule is COc1cc(NC(=S)NC(=O)c2ccccc2OC)ccc1NC(=O)c1cccs1. The van der Waals surface area contributed by atoms with Gasteiger partial charge in [-0.1, -0.05) is 18.2 Å². The molecule has 0 bridgehead atoms. The van der Waals surface area contributed by atoms with Crippen molar-refractivity contribution in [1.82, 2.24) is 5.32 Å². The molecule has 7 nitrogen and oxygen atoms in total. The third kappa shape index (κ3) is 5.13. The molecule has 0 aliphatic heterocycles. The van der Waals surface area contributed by atoms with Gasteiger partial charge in [0.05, 0.1) is 30.3 Å². The minimum atomic E-state index is -0.392. The van der Waals surface area contributed by atoms with Gasteiger partial charge < -0.3 is 20.1 Å². The molecule has 0 fully saturated rings. The highest BCUT2D eigenvalue weighted by Gasteiger charge is 2.14. The number of methoxy groups -OCH3 is 2. The van der Waals surface area contributed by atoms with E-state index in [4.69, 9.17) is 21.7 Å². The molecule has 0 aliphatic rings. The summed E-state index contributed by atoms with van der Waals surface area (Å²) in [5.41, 5.74) is 1.48. The molecule has 154 valence electrons. The number of carbonyl (C=O) groups excluding carboxylic acids is 2. The number of amides is 2.